The predicted molar refractivity (Wildman–Crippen MR) is 47.6 cm³/mol. The van der Waals surface area contributed by atoms with Crippen LogP contribution in [0.5, 0.6) is 0 Å². The molecule has 3 unspecified atom stereocenters. The van der Waals surface area contributed by atoms with Gasteiger partial charge in [-0.05, 0) is 19.3 Å². The molecule has 1 heterocycles. The summed E-state index contributed by atoms with van der Waals surface area (Å²) in [7, 11) is 0. The summed E-state index contributed by atoms with van der Waals surface area (Å²) in [5, 5.41) is 9.62. The van der Waals surface area contributed by atoms with E-state index in [4.69, 9.17) is 4.74 Å². The Kier molecular flexibility index (Phi) is 3.58. The fraction of sp³-hybridized carbons (Fsp3) is 0.800. The maximum atomic E-state index is 9.62. The lowest BCUT2D eigenvalue weighted by atomic mass is 9.98. The number of aliphatic hydroxyl groups excluding tert-OH is 1. The normalized spacial score (nSPS) is 30.9. The van der Waals surface area contributed by atoms with E-state index in [1.165, 1.54) is 0 Å². The molecule has 0 spiro atoms. The molecule has 0 aromatic rings. The van der Waals surface area contributed by atoms with Crippen molar-refractivity contribution in [1.82, 2.24) is 0 Å². The zero-order chi connectivity index (χ0) is 8.97. The molecule has 1 aliphatic rings. The van der Waals surface area contributed by atoms with Crippen molar-refractivity contribution in [2.75, 3.05) is 6.61 Å². The highest BCUT2D eigenvalue weighted by molar-refractivity contribution is 4.98. The van der Waals surface area contributed by atoms with Gasteiger partial charge in [-0.2, -0.15) is 0 Å². The first kappa shape index (κ1) is 9.57. The van der Waals surface area contributed by atoms with Crippen molar-refractivity contribution >= 4 is 0 Å². The van der Waals surface area contributed by atoms with Crippen LogP contribution in [0, 0.1) is 17.8 Å². The minimum Gasteiger partial charge on any atom is -0.389 e. The smallest absolute Gasteiger partial charge is 0.0913 e. The third-order valence-corrected chi connectivity index (χ3v) is 2.31. The summed E-state index contributed by atoms with van der Waals surface area (Å²) in [5.41, 5.74) is 0. The van der Waals surface area contributed by atoms with Gasteiger partial charge in [0.05, 0.1) is 12.2 Å². The van der Waals surface area contributed by atoms with Crippen molar-refractivity contribution in [2.45, 2.75) is 38.9 Å². The Bertz CT molecular complexity index is 190. The molecular formula is C10H16O2. The molecule has 2 heteroatoms. The van der Waals surface area contributed by atoms with Crippen molar-refractivity contribution in [3.8, 4) is 11.8 Å². The van der Waals surface area contributed by atoms with Crippen molar-refractivity contribution < 1.29 is 9.84 Å². The van der Waals surface area contributed by atoms with Gasteiger partial charge in [0, 0.05) is 13.0 Å². The molecule has 2 nitrogen and oxygen atoms in total. The standard InChI is InChI=1S/C10H16O2/c1-3-4-5-9(11)10-8(2)6-7-12-10/h8-11H,5-7H2,1-2H3. The topological polar surface area (TPSA) is 29.5 Å². The van der Waals surface area contributed by atoms with Gasteiger partial charge in [0.15, 0.2) is 0 Å². The van der Waals surface area contributed by atoms with E-state index >= 15 is 0 Å². The van der Waals surface area contributed by atoms with E-state index in [0.29, 0.717) is 12.3 Å². The average Bonchev–Trinajstić information content (AvgIpc) is 2.47. The summed E-state index contributed by atoms with van der Waals surface area (Å²) in [4.78, 5) is 0. The lowest BCUT2D eigenvalue weighted by Crippen LogP contribution is -2.29. The summed E-state index contributed by atoms with van der Waals surface area (Å²) in [6.45, 7) is 4.67. The zero-order valence-electron chi connectivity index (χ0n) is 7.71. The molecule has 12 heavy (non-hydrogen) atoms. The first-order chi connectivity index (χ1) is 5.75. The zero-order valence-corrected chi connectivity index (χ0v) is 7.71. The second-order valence-electron chi connectivity index (χ2n) is 3.30. The van der Waals surface area contributed by atoms with Gasteiger partial charge >= 0.3 is 0 Å². The van der Waals surface area contributed by atoms with Crippen LogP contribution in [0.1, 0.15) is 26.7 Å². The molecule has 1 rings (SSSR count). The van der Waals surface area contributed by atoms with Crippen molar-refractivity contribution in [3.63, 3.8) is 0 Å². The molecule has 1 fully saturated rings. The third-order valence-electron chi connectivity index (χ3n) is 2.31. The van der Waals surface area contributed by atoms with Gasteiger partial charge in [-0.1, -0.05) is 6.92 Å². The lowest BCUT2D eigenvalue weighted by Gasteiger charge is -2.19. The Labute approximate surface area is 73.9 Å². The van der Waals surface area contributed by atoms with Crippen molar-refractivity contribution in [3.05, 3.63) is 0 Å². The van der Waals surface area contributed by atoms with Crippen LogP contribution in [0.15, 0.2) is 0 Å². The van der Waals surface area contributed by atoms with Gasteiger partial charge in [-0.3, -0.25) is 0 Å². The highest BCUT2D eigenvalue weighted by Crippen LogP contribution is 2.23. The largest absolute Gasteiger partial charge is 0.389 e. The maximum Gasteiger partial charge on any atom is 0.0913 e. The molecule has 0 amide bonds. The van der Waals surface area contributed by atoms with E-state index in [0.717, 1.165) is 13.0 Å². The van der Waals surface area contributed by atoms with Crippen LogP contribution in [-0.2, 0) is 4.74 Å². The van der Waals surface area contributed by atoms with Crippen molar-refractivity contribution in [1.29, 1.82) is 0 Å². The first-order valence-electron chi connectivity index (χ1n) is 4.45. The highest BCUT2D eigenvalue weighted by atomic mass is 16.5. The molecule has 0 aromatic heterocycles. The predicted octanol–water partition coefficient (Wildman–Crippen LogP) is 1.19. The van der Waals surface area contributed by atoms with E-state index in [1.807, 2.05) is 0 Å². The molecule has 68 valence electrons. The number of hydrogen-bond acceptors (Lipinski definition) is 2. The van der Waals surface area contributed by atoms with Gasteiger partial charge in [-0.15, -0.1) is 11.8 Å². The van der Waals surface area contributed by atoms with E-state index in [-0.39, 0.29) is 6.10 Å². The van der Waals surface area contributed by atoms with Crippen LogP contribution in [0.2, 0.25) is 0 Å². The number of rotatable bonds is 2. The fourth-order valence-corrected chi connectivity index (χ4v) is 1.53. The Balaban J connectivity index is 2.38. The van der Waals surface area contributed by atoms with Gasteiger partial charge < -0.3 is 9.84 Å². The molecule has 0 bridgehead atoms. The van der Waals surface area contributed by atoms with Crippen LogP contribution >= 0.6 is 0 Å². The second kappa shape index (κ2) is 4.49. The quantitative estimate of drug-likeness (QED) is 0.627. The van der Waals surface area contributed by atoms with Gasteiger partial charge in [0.1, 0.15) is 0 Å². The molecule has 0 aliphatic carbocycles. The van der Waals surface area contributed by atoms with Gasteiger partial charge in [-0.25, -0.2) is 0 Å². The average molecular weight is 168 g/mol. The van der Waals surface area contributed by atoms with Gasteiger partial charge in [0.2, 0.25) is 0 Å². The summed E-state index contributed by atoms with van der Waals surface area (Å²) in [6, 6.07) is 0. The molecule has 0 saturated carbocycles. The molecule has 3 atom stereocenters. The molecular weight excluding hydrogens is 152 g/mol. The molecule has 1 N–H and O–H groups in total. The molecule has 0 aromatic carbocycles. The van der Waals surface area contributed by atoms with E-state index in [2.05, 4.69) is 18.8 Å². The van der Waals surface area contributed by atoms with E-state index < -0.39 is 6.10 Å². The Morgan fingerprint density at radius 2 is 2.42 bits per heavy atom. The highest BCUT2D eigenvalue weighted by Gasteiger charge is 2.30. The Morgan fingerprint density at radius 1 is 1.67 bits per heavy atom. The minimum atomic E-state index is -0.407. The molecule has 0 radical (unpaired) electrons. The minimum absolute atomic E-state index is 0.00542. The second-order valence-corrected chi connectivity index (χ2v) is 3.30. The van der Waals surface area contributed by atoms with Gasteiger partial charge in [0.25, 0.3) is 0 Å². The lowest BCUT2D eigenvalue weighted by molar-refractivity contribution is -0.0134. The summed E-state index contributed by atoms with van der Waals surface area (Å²) in [6.07, 6.45) is 1.19. The van der Waals surface area contributed by atoms with Crippen LogP contribution in [0.4, 0.5) is 0 Å². The third kappa shape index (κ3) is 2.23. The van der Waals surface area contributed by atoms with Crippen LogP contribution in [-0.4, -0.2) is 23.9 Å². The summed E-state index contributed by atoms with van der Waals surface area (Å²) < 4.78 is 5.41. The Hall–Kier alpha value is -0.520. The number of aliphatic hydroxyl groups is 1. The van der Waals surface area contributed by atoms with Crippen LogP contribution in [0.25, 0.3) is 0 Å². The maximum absolute atomic E-state index is 9.62. The Morgan fingerprint density at radius 3 is 2.92 bits per heavy atom. The fourth-order valence-electron chi connectivity index (χ4n) is 1.53. The molecule has 1 aliphatic heterocycles. The van der Waals surface area contributed by atoms with E-state index in [1.54, 1.807) is 6.92 Å². The first-order valence-corrected chi connectivity index (χ1v) is 4.45. The number of hydrogen-bond donors (Lipinski definition) is 1. The van der Waals surface area contributed by atoms with Crippen LogP contribution < -0.4 is 0 Å². The molecule has 1 saturated heterocycles. The van der Waals surface area contributed by atoms with Crippen LogP contribution in [0.3, 0.4) is 0 Å². The number of ether oxygens (including phenoxy) is 1. The van der Waals surface area contributed by atoms with Crippen molar-refractivity contribution in [2.24, 2.45) is 5.92 Å². The SMILES string of the molecule is CC#CCC(O)C1OCCC1C. The monoisotopic (exact) mass is 168 g/mol. The summed E-state index contributed by atoms with van der Waals surface area (Å²) >= 11 is 0. The van der Waals surface area contributed by atoms with E-state index in [9.17, 15) is 5.11 Å². The summed E-state index contributed by atoms with van der Waals surface area (Å²) in [5.74, 6) is 6.11.